The maximum atomic E-state index is 5.47. The van der Waals surface area contributed by atoms with E-state index in [1.807, 2.05) is 6.92 Å². The first kappa shape index (κ1) is 13.0. The Balaban J connectivity index is 2.26. The fourth-order valence-electron chi connectivity index (χ4n) is 1.45. The van der Waals surface area contributed by atoms with Crippen LogP contribution in [-0.4, -0.2) is 39.5 Å². The van der Waals surface area contributed by atoms with Gasteiger partial charge in [-0.25, -0.2) is 0 Å². The SMILES string of the molecule is CCOCCCC(Cc1nnn(C)n1)NN. The highest BCUT2D eigenvalue weighted by molar-refractivity contribution is 4.83. The first-order valence-corrected chi connectivity index (χ1v) is 5.53. The van der Waals surface area contributed by atoms with Gasteiger partial charge in [0.25, 0.3) is 0 Å². The van der Waals surface area contributed by atoms with Gasteiger partial charge in [-0.15, -0.1) is 10.2 Å². The molecule has 0 bridgehead atoms. The zero-order valence-electron chi connectivity index (χ0n) is 9.89. The largest absolute Gasteiger partial charge is 0.382 e. The Hall–Kier alpha value is -1.05. The highest BCUT2D eigenvalue weighted by atomic mass is 16.5. The van der Waals surface area contributed by atoms with Crippen molar-refractivity contribution < 1.29 is 4.74 Å². The summed E-state index contributed by atoms with van der Waals surface area (Å²) in [6.07, 6.45) is 2.61. The number of hydrogen-bond donors (Lipinski definition) is 2. The molecule has 16 heavy (non-hydrogen) atoms. The van der Waals surface area contributed by atoms with Gasteiger partial charge in [0.05, 0.1) is 7.05 Å². The normalized spacial score (nSPS) is 12.9. The molecule has 0 saturated heterocycles. The predicted octanol–water partition coefficient (Wildman–Crippen LogP) is -0.599. The molecule has 1 heterocycles. The van der Waals surface area contributed by atoms with Gasteiger partial charge in [-0.2, -0.15) is 4.80 Å². The molecular formula is C9H20N6O. The van der Waals surface area contributed by atoms with Crippen LogP contribution in [0.3, 0.4) is 0 Å². The molecule has 0 fully saturated rings. The maximum Gasteiger partial charge on any atom is 0.176 e. The maximum absolute atomic E-state index is 5.47. The average molecular weight is 228 g/mol. The molecule has 92 valence electrons. The van der Waals surface area contributed by atoms with Gasteiger partial charge in [-0.05, 0) is 25.0 Å². The summed E-state index contributed by atoms with van der Waals surface area (Å²) in [5, 5.41) is 11.8. The number of nitrogens with zero attached hydrogens (tertiary/aromatic N) is 4. The standard InChI is InChI=1S/C9H20N6O/c1-3-16-6-4-5-8(11-10)7-9-12-14-15(2)13-9/h8,11H,3-7,10H2,1-2H3. The van der Waals surface area contributed by atoms with Crippen molar-refractivity contribution >= 4 is 0 Å². The summed E-state index contributed by atoms with van der Waals surface area (Å²) >= 11 is 0. The van der Waals surface area contributed by atoms with Crippen molar-refractivity contribution in [3.05, 3.63) is 5.82 Å². The molecule has 1 atom stereocenters. The first-order chi connectivity index (χ1) is 7.76. The van der Waals surface area contributed by atoms with E-state index in [2.05, 4.69) is 20.8 Å². The molecule has 0 spiro atoms. The molecule has 1 rings (SSSR count). The van der Waals surface area contributed by atoms with Crippen LogP contribution in [0, 0.1) is 0 Å². The molecule has 0 radical (unpaired) electrons. The lowest BCUT2D eigenvalue weighted by molar-refractivity contribution is 0.140. The Bertz CT molecular complexity index is 289. The lowest BCUT2D eigenvalue weighted by atomic mass is 10.1. The number of aryl methyl sites for hydroxylation is 1. The molecule has 1 aromatic heterocycles. The van der Waals surface area contributed by atoms with Crippen LogP contribution in [-0.2, 0) is 18.2 Å². The third-order valence-electron chi connectivity index (χ3n) is 2.26. The minimum absolute atomic E-state index is 0.171. The number of tetrazole rings is 1. The first-order valence-electron chi connectivity index (χ1n) is 5.53. The molecule has 0 saturated carbocycles. The topological polar surface area (TPSA) is 90.9 Å². The van der Waals surface area contributed by atoms with Gasteiger partial charge in [0.15, 0.2) is 5.82 Å². The van der Waals surface area contributed by atoms with E-state index in [1.54, 1.807) is 7.05 Å². The quantitative estimate of drug-likeness (QED) is 0.351. The Morgan fingerprint density at radius 1 is 1.56 bits per heavy atom. The van der Waals surface area contributed by atoms with E-state index in [-0.39, 0.29) is 6.04 Å². The van der Waals surface area contributed by atoms with E-state index in [4.69, 9.17) is 10.6 Å². The Morgan fingerprint density at radius 2 is 2.38 bits per heavy atom. The van der Waals surface area contributed by atoms with Gasteiger partial charge in [0.1, 0.15) is 0 Å². The molecule has 0 aliphatic heterocycles. The second-order valence-corrected chi connectivity index (χ2v) is 3.60. The zero-order valence-corrected chi connectivity index (χ0v) is 9.89. The fourth-order valence-corrected chi connectivity index (χ4v) is 1.45. The number of nitrogens with two attached hydrogens (primary N) is 1. The molecule has 3 N–H and O–H groups in total. The number of hydrazine groups is 1. The number of ether oxygens (including phenoxy) is 1. The van der Waals surface area contributed by atoms with E-state index >= 15 is 0 Å². The van der Waals surface area contributed by atoms with Gasteiger partial charge in [0, 0.05) is 25.7 Å². The van der Waals surface area contributed by atoms with Gasteiger partial charge in [-0.1, -0.05) is 0 Å². The minimum atomic E-state index is 0.171. The Labute approximate surface area is 95.3 Å². The summed E-state index contributed by atoms with van der Waals surface area (Å²) < 4.78 is 5.27. The van der Waals surface area contributed by atoms with Gasteiger partial charge >= 0.3 is 0 Å². The van der Waals surface area contributed by atoms with E-state index in [9.17, 15) is 0 Å². The molecule has 1 unspecified atom stereocenters. The summed E-state index contributed by atoms with van der Waals surface area (Å²) in [4.78, 5) is 1.45. The Morgan fingerprint density at radius 3 is 2.94 bits per heavy atom. The van der Waals surface area contributed by atoms with Crippen LogP contribution in [0.1, 0.15) is 25.6 Å². The third-order valence-corrected chi connectivity index (χ3v) is 2.26. The highest BCUT2D eigenvalue weighted by Crippen LogP contribution is 2.02. The summed E-state index contributed by atoms with van der Waals surface area (Å²) in [7, 11) is 1.75. The molecule has 0 aromatic carbocycles. The smallest absolute Gasteiger partial charge is 0.176 e. The van der Waals surface area contributed by atoms with Gasteiger partial charge < -0.3 is 4.74 Å². The molecule has 0 amide bonds. The van der Waals surface area contributed by atoms with E-state index < -0.39 is 0 Å². The minimum Gasteiger partial charge on any atom is -0.382 e. The predicted molar refractivity (Wildman–Crippen MR) is 59.3 cm³/mol. The number of nitrogens with one attached hydrogen (secondary N) is 1. The van der Waals surface area contributed by atoms with Gasteiger partial charge in [0.2, 0.25) is 0 Å². The number of rotatable bonds is 8. The average Bonchev–Trinajstić information content (AvgIpc) is 2.68. The number of hydrogen-bond acceptors (Lipinski definition) is 6. The van der Waals surface area contributed by atoms with Crippen LogP contribution in [0.15, 0.2) is 0 Å². The van der Waals surface area contributed by atoms with Crippen LogP contribution in [0.2, 0.25) is 0 Å². The number of aromatic nitrogens is 4. The molecule has 0 aliphatic carbocycles. The van der Waals surface area contributed by atoms with E-state index in [1.165, 1.54) is 4.80 Å². The van der Waals surface area contributed by atoms with Crippen molar-refractivity contribution in [1.82, 2.24) is 25.6 Å². The second kappa shape index (κ2) is 7.26. The molecule has 7 nitrogen and oxygen atoms in total. The van der Waals surface area contributed by atoms with Gasteiger partial charge in [-0.3, -0.25) is 11.3 Å². The fraction of sp³-hybridized carbons (Fsp3) is 0.889. The lowest BCUT2D eigenvalue weighted by Gasteiger charge is -2.13. The van der Waals surface area contributed by atoms with Crippen molar-refractivity contribution in [2.75, 3.05) is 13.2 Å². The molecule has 7 heteroatoms. The zero-order chi connectivity index (χ0) is 11.8. The van der Waals surface area contributed by atoms with E-state index in [0.717, 1.165) is 26.1 Å². The van der Waals surface area contributed by atoms with Crippen LogP contribution in [0.5, 0.6) is 0 Å². The summed E-state index contributed by atoms with van der Waals surface area (Å²) in [5.74, 6) is 6.18. The van der Waals surface area contributed by atoms with Crippen molar-refractivity contribution in [2.45, 2.75) is 32.2 Å². The Kier molecular flexibility index (Phi) is 5.91. The molecular weight excluding hydrogens is 208 g/mol. The molecule has 1 aromatic rings. The highest BCUT2D eigenvalue weighted by Gasteiger charge is 2.10. The second-order valence-electron chi connectivity index (χ2n) is 3.60. The van der Waals surface area contributed by atoms with Crippen LogP contribution < -0.4 is 11.3 Å². The molecule has 0 aliphatic rings. The van der Waals surface area contributed by atoms with Crippen LogP contribution >= 0.6 is 0 Å². The monoisotopic (exact) mass is 228 g/mol. The van der Waals surface area contributed by atoms with E-state index in [0.29, 0.717) is 12.2 Å². The van der Waals surface area contributed by atoms with Crippen molar-refractivity contribution in [3.63, 3.8) is 0 Å². The lowest BCUT2D eigenvalue weighted by Crippen LogP contribution is -2.37. The van der Waals surface area contributed by atoms with Crippen molar-refractivity contribution in [1.29, 1.82) is 0 Å². The van der Waals surface area contributed by atoms with Crippen molar-refractivity contribution in [2.24, 2.45) is 12.9 Å². The van der Waals surface area contributed by atoms with Crippen LogP contribution in [0.4, 0.5) is 0 Å². The summed E-state index contributed by atoms with van der Waals surface area (Å²) in [6, 6.07) is 0.171. The summed E-state index contributed by atoms with van der Waals surface area (Å²) in [6.45, 7) is 3.51. The van der Waals surface area contributed by atoms with Crippen LogP contribution in [0.25, 0.3) is 0 Å². The third kappa shape index (κ3) is 4.65. The summed E-state index contributed by atoms with van der Waals surface area (Å²) in [5.41, 5.74) is 2.76. The van der Waals surface area contributed by atoms with Crippen molar-refractivity contribution in [3.8, 4) is 0 Å².